The van der Waals surface area contributed by atoms with Gasteiger partial charge in [-0.05, 0) is 13.3 Å². The molecule has 1 unspecified atom stereocenters. The van der Waals surface area contributed by atoms with Crippen molar-refractivity contribution in [3.05, 3.63) is 16.1 Å². The van der Waals surface area contributed by atoms with Crippen molar-refractivity contribution in [3.8, 4) is 0 Å². The first kappa shape index (κ1) is 16.6. The van der Waals surface area contributed by atoms with Crippen LogP contribution in [-0.2, 0) is 25.8 Å². The number of carbonyl (C=O) groups is 2. The molecule has 1 rings (SSSR count). The molecule has 0 aromatic carbocycles. The summed E-state index contributed by atoms with van der Waals surface area (Å²) in [5, 5.41) is 13.8. The molecule has 1 aromatic rings. The van der Waals surface area contributed by atoms with E-state index in [1.54, 1.807) is 12.3 Å². The van der Waals surface area contributed by atoms with Crippen molar-refractivity contribution in [2.75, 3.05) is 12.0 Å². The number of aliphatic carboxylic acids is 1. The van der Waals surface area contributed by atoms with E-state index in [-0.39, 0.29) is 18.6 Å². The van der Waals surface area contributed by atoms with Crippen molar-refractivity contribution >= 4 is 33.1 Å². The van der Waals surface area contributed by atoms with Crippen LogP contribution in [0.5, 0.6) is 0 Å². The molecule has 0 fully saturated rings. The number of sulfone groups is 1. The first-order chi connectivity index (χ1) is 9.17. The number of amides is 1. The Morgan fingerprint density at radius 1 is 1.50 bits per heavy atom. The Morgan fingerprint density at radius 3 is 2.60 bits per heavy atom. The molecule has 9 heteroatoms. The summed E-state index contributed by atoms with van der Waals surface area (Å²) in [5.41, 5.74) is 0.567. The molecule has 2 N–H and O–H groups in total. The highest BCUT2D eigenvalue weighted by molar-refractivity contribution is 7.90. The lowest BCUT2D eigenvalue weighted by molar-refractivity contribution is -0.141. The lowest BCUT2D eigenvalue weighted by atomic mass is 10.2. The number of rotatable bonds is 7. The van der Waals surface area contributed by atoms with Gasteiger partial charge in [-0.1, -0.05) is 0 Å². The van der Waals surface area contributed by atoms with E-state index in [2.05, 4.69) is 10.3 Å². The van der Waals surface area contributed by atoms with E-state index >= 15 is 0 Å². The summed E-state index contributed by atoms with van der Waals surface area (Å²) in [6, 6.07) is -1.21. The van der Waals surface area contributed by atoms with E-state index in [4.69, 9.17) is 5.11 Å². The molecule has 1 aromatic heterocycles. The molecule has 7 nitrogen and oxygen atoms in total. The lowest BCUT2D eigenvalue weighted by Crippen LogP contribution is -2.42. The van der Waals surface area contributed by atoms with Crippen LogP contribution in [-0.4, -0.2) is 48.4 Å². The van der Waals surface area contributed by atoms with E-state index < -0.39 is 27.8 Å². The maximum absolute atomic E-state index is 11.7. The normalized spacial score (nSPS) is 12.9. The SMILES string of the molecule is Cc1nc(CC(=O)NC(CCS(C)(=O)=O)C(=O)O)cs1. The van der Waals surface area contributed by atoms with Gasteiger partial charge in [0.05, 0.1) is 22.9 Å². The minimum absolute atomic E-state index is 0.0208. The van der Waals surface area contributed by atoms with Gasteiger partial charge in [0.25, 0.3) is 0 Å². The monoisotopic (exact) mass is 320 g/mol. The third kappa shape index (κ3) is 6.11. The Morgan fingerprint density at radius 2 is 2.15 bits per heavy atom. The zero-order valence-corrected chi connectivity index (χ0v) is 12.8. The Kier molecular flexibility index (Phi) is 5.63. The number of nitrogens with one attached hydrogen (secondary N) is 1. The van der Waals surface area contributed by atoms with Crippen LogP contribution in [0.25, 0.3) is 0 Å². The highest BCUT2D eigenvalue weighted by Gasteiger charge is 2.22. The molecule has 112 valence electrons. The standard InChI is InChI=1S/C11H16N2O5S2/c1-7-12-8(6-19-7)5-10(14)13-9(11(15)16)3-4-20(2,17)18/h6,9H,3-5H2,1-2H3,(H,13,14)(H,15,16). The van der Waals surface area contributed by atoms with Crippen molar-refractivity contribution in [3.63, 3.8) is 0 Å². The van der Waals surface area contributed by atoms with Crippen LogP contribution in [0.3, 0.4) is 0 Å². The second-order valence-corrected chi connectivity index (χ2v) is 7.73. The minimum atomic E-state index is -3.27. The van der Waals surface area contributed by atoms with Crippen molar-refractivity contribution < 1.29 is 23.1 Å². The third-order valence-electron chi connectivity index (χ3n) is 2.42. The van der Waals surface area contributed by atoms with Gasteiger partial charge in [0.15, 0.2) is 0 Å². The van der Waals surface area contributed by atoms with Crippen LogP contribution in [0.15, 0.2) is 5.38 Å². The van der Waals surface area contributed by atoms with Crippen molar-refractivity contribution in [1.29, 1.82) is 0 Å². The molecule has 20 heavy (non-hydrogen) atoms. The highest BCUT2D eigenvalue weighted by atomic mass is 32.2. The molecule has 1 heterocycles. The number of hydrogen-bond donors (Lipinski definition) is 2. The van der Waals surface area contributed by atoms with Gasteiger partial charge in [-0.3, -0.25) is 4.79 Å². The fourth-order valence-corrected chi connectivity index (χ4v) is 2.77. The first-order valence-corrected chi connectivity index (χ1v) is 8.72. The average Bonchev–Trinajstić information content (AvgIpc) is 2.68. The molecule has 0 bridgehead atoms. The maximum atomic E-state index is 11.7. The van der Waals surface area contributed by atoms with Crippen molar-refractivity contribution in [1.82, 2.24) is 10.3 Å². The summed E-state index contributed by atoms with van der Waals surface area (Å²) in [7, 11) is -3.27. The smallest absolute Gasteiger partial charge is 0.326 e. The van der Waals surface area contributed by atoms with Gasteiger partial charge in [-0.15, -0.1) is 11.3 Å². The van der Waals surface area contributed by atoms with Gasteiger partial charge in [-0.2, -0.15) is 0 Å². The summed E-state index contributed by atoms with van der Waals surface area (Å²) in [4.78, 5) is 26.8. The van der Waals surface area contributed by atoms with E-state index in [0.717, 1.165) is 11.3 Å². The zero-order valence-electron chi connectivity index (χ0n) is 11.1. The Hall–Kier alpha value is -1.48. The molecule has 0 radical (unpaired) electrons. The predicted octanol–water partition coefficient (Wildman–Crippen LogP) is -0.00188. The van der Waals surface area contributed by atoms with Gasteiger partial charge in [-0.25, -0.2) is 18.2 Å². The summed E-state index contributed by atoms with van der Waals surface area (Å²) in [6.07, 6.45) is 0.842. The topological polar surface area (TPSA) is 113 Å². The van der Waals surface area contributed by atoms with E-state index in [0.29, 0.717) is 5.69 Å². The summed E-state index contributed by atoms with van der Waals surface area (Å²) in [5.74, 6) is -2.03. The van der Waals surface area contributed by atoms with E-state index in [9.17, 15) is 18.0 Å². The summed E-state index contributed by atoms with van der Waals surface area (Å²) >= 11 is 1.40. The molecule has 0 aliphatic heterocycles. The average molecular weight is 320 g/mol. The number of nitrogens with zero attached hydrogens (tertiary/aromatic N) is 1. The zero-order chi connectivity index (χ0) is 15.3. The van der Waals surface area contributed by atoms with Gasteiger partial charge in [0.1, 0.15) is 15.9 Å². The predicted molar refractivity (Wildman–Crippen MR) is 74.4 cm³/mol. The van der Waals surface area contributed by atoms with Gasteiger partial charge in [0, 0.05) is 11.6 Å². The lowest BCUT2D eigenvalue weighted by Gasteiger charge is -2.13. The first-order valence-electron chi connectivity index (χ1n) is 5.78. The fourth-order valence-electron chi connectivity index (χ4n) is 1.49. The van der Waals surface area contributed by atoms with Crippen LogP contribution in [0.2, 0.25) is 0 Å². The fraction of sp³-hybridized carbons (Fsp3) is 0.545. The Balaban J connectivity index is 2.57. The van der Waals surface area contributed by atoms with Crippen molar-refractivity contribution in [2.45, 2.75) is 25.8 Å². The third-order valence-corrected chi connectivity index (χ3v) is 4.22. The number of aromatic nitrogens is 1. The van der Waals surface area contributed by atoms with E-state index in [1.807, 2.05) is 0 Å². The highest BCUT2D eigenvalue weighted by Crippen LogP contribution is 2.08. The molecule has 0 spiro atoms. The van der Waals surface area contributed by atoms with Gasteiger partial charge >= 0.3 is 5.97 Å². The number of carboxylic acid groups (broad SMARTS) is 1. The molecule has 0 saturated carbocycles. The molecule has 1 amide bonds. The van der Waals surface area contributed by atoms with Crippen LogP contribution < -0.4 is 5.32 Å². The minimum Gasteiger partial charge on any atom is -0.480 e. The Labute approximate surface area is 121 Å². The Bertz CT molecular complexity index is 594. The van der Waals surface area contributed by atoms with Crippen LogP contribution in [0.1, 0.15) is 17.1 Å². The van der Waals surface area contributed by atoms with Crippen LogP contribution in [0.4, 0.5) is 0 Å². The molecule has 1 atom stereocenters. The van der Waals surface area contributed by atoms with Gasteiger partial charge < -0.3 is 10.4 Å². The van der Waals surface area contributed by atoms with Crippen molar-refractivity contribution in [2.24, 2.45) is 0 Å². The number of thiazole rings is 1. The quantitative estimate of drug-likeness (QED) is 0.731. The van der Waals surface area contributed by atoms with E-state index in [1.165, 1.54) is 11.3 Å². The largest absolute Gasteiger partial charge is 0.480 e. The molecular formula is C11H16N2O5S2. The number of carboxylic acids is 1. The second kappa shape index (κ2) is 6.80. The summed E-state index contributed by atoms with van der Waals surface area (Å²) < 4.78 is 22.0. The number of hydrogen-bond acceptors (Lipinski definition) is 6. The number of carbonyl (C=O) groups excluding carboxylic acids is 1. The van der Waals surface area contributed by atoms with Crippen LogP contribution >= 0.6 is 11.3 Å². The summed E-state index contributed by atoms with van der Waals surface area (Å²) in [6.45, 7) is 1.80. The number of aryl methyl sites for hydroxylation is 1. The van der Waals surface area contributed by atoms with Gasteiger partial charge in [0.2, 0.25) is 5.91 Å². The molecule has 0 saturated heterocycles. The maximum Gasteiger partial charge on any atom is 0.326 e. The molecule has 0 aliphatic carbocycles. The van der Waals surface area contributed by atoms with Crippen LogP contribution in [0, 0.1) is 6.92 Å². The second-order valence-electron chi connectivity index (χ2n) is 4.41. The molecular weight excluding hydrogens is 304 g/mol. The molecule has 0 aliphatic rings.